The van der Waals surface area contributed by atoms with Gasteiger partial charge in [0.25, 0.3) is 5.91 Å². The van der Waals surface area contributed by atoms with E-state index < -0.39 is 21.9 Å². The quantitative estimate of drug-likeness (QED) is 0.621. The summed E-state index contributed by atoms with van der Waals surface area (Å²) >= 11 is 1.40. The zero-order valence-corrected chi connectivity index (χ0v) is 20.4. The molecule has 2 aromatic rings. The van der Waals surface area contributed by atoms with E-state index in [0.29, 0.717) is 35.8 Å². The SMILES string of the molecule is CCc1ccc(C(=O)Nc2sc3c(c2C(=O)OC)CCCC3)cc1S(=O)(=O)N1CCOCC1. The number of carbonyl (C=O) groups excluding carboxylic acids is 2. The Balaban J connectivity index is 1.67. The summed E-state index contributed by atoms with van der Waals surface area (Å²) in [7, 11) is -2.43. The van der Waals surface area contributed by atoms with Gasteiger partial charge in [-0.3, -0.25) is 4.79 Å². The molecule has 1 aliphatic carbocycles. The molecule has 0 saturated carbocycles. The number of ether oxygens (including phenoxy) is 2. The van der Waals surface area contributed by atoms with Gasteiger partial charge in [-0.2, -0.15) is 4.31 Å². The van der Waals surface area contributed by atoms with Crippen LogP contribution in [-0.2, 0) is 38.8 Å². The Morgan fingerprint density at radius 2 is 1.91 bits per heavy atom. The Morgan fingerprint density at radius 3 is 2.61 bits per heavy atom. The number of hydrogen-bond donors (Lipinski definition) is 1. The molecule has 0 spiro atoms. The van der Waals surface area contributed by atoms with Crippen molar-refractivity contribution in [1.29, 1.82) is 0 Å². The van der Waals surface area contributed by atoms with Crippen LogP contribution >= 0.6 is 11.3 Å². The third-order valence-electron chi connectivity index (χ3n) is 6.09. The van der Waals surface area contributed by atoms with Crippen LogP contribution in [0.3, 0.4) is 0 Å². The molecule has 1 saturated heterocycles. The Kier molecular flexibility index (Phi) is 7.18. The van der Waals surface area contributed by atoms with Gasteiger partial charge in [-0.05, 0) is 55.4 Å². The zero-order chi connectivity index (χ0) is 23.6. The number of esters is 1. The van der Waals surface area contributed by atoms with Crippen LogP contribution in [0.2, 0.25) is 0 Å². The molecule has 0 unspecified atom stereocenters. The lowest BCUT2D eigenvalue weighted by Gasteiger charge is -2.27. The molecule has 1 N–H and O–H groups in total. The largest absolute Gasteiger partial charge is 0.465 e. The van der Waals surface area contributed by atoms with Crippen molar-refractivity contribution in [1.82, 2.24) is 4.31 Å². The first kappa shape index (κ1) is 23.9. The van der Waals surface area contributed by atoms with Gasteiger partial charge in [0, 0.05) is 23.5 Å². The molecule has 0 radical (unpaired) electrons. The Bertz CT molecular complexity index is 1170. The Morgan fingerprint density at radius 1 is 1.18 bits per heavy atom. The van der Waals surface area contributed by atoms with Gasteiger partial charge in [0.2, 0.25) is 10.0 Å². The van der Waals surface area contributed by atoms with E-state index in [1.165, 1.54) is 28.8 Å². The van der Waals surface area contributed by atoms with Crippen molar-refractivity contribution in [3.8, 4) is 0 Å². The maximum absolute atomic E-state index is 13.3. The fraction of sp³-hybridized carbons (Fsp3) is 0.478. The minimum absolute atomic E-state index is 0.137. The topological polar surface area (TPSA) is 102 Å². The average Bonchev–Trinajstić information content (AvgIpc) is 3.21. The van der Waals surface area contributed by atoms with Crippen LogP contribution < -0.4 is 5.32 Å². The average molecular weight is 493 g/mol. The van der Waals surface area contributed by atoms with E-state index in [0.717, 1.165) is 36.1 Å². The molecular formula is C23H28N2O6S2. The van der Waals surface area contributed by atoms with E-state index in [4.69, 9.17) is 9.47 Å². The van der Waals surface area contributed by atoms with Crippen molar-refractivity contribution in [2.75, 3.05) is 38.7 Å². The first-order valence-electron chi connectivity index (χ1n) is 11.1. The number of morpholine rings is 1. The van der Waals surface area contributed by atoms with Crippen molar-refractivity contribution < 1.29 is 27.5 Å². The van der Waals surface area contributed by atoms with Crippen molar-refractivity contribution in [3.63, 3.8) is 0 Å². The number of fused-ring (bicyclic) bond motifs is 1. The van der Waals surface area contributed by atoms with E-state index in [9.17, 15) is 18.0 Å². The van der Waals surface area contributed by atoms with Gasteiger partial charge in [0.05, 0.1) is 30.8 Å². The van der Waals surface area contributed by atoms with E-state index in [1.54, 1.807) is 12.1 Å². The number of anilines is 1. The normalized spacial score (nSPS) is 16.8. The number of methoxy groups -OCH3 is 1. The lowest BCUT2D eigenvalue weighted by Crippen LogP contribution is -2.41. The second-order valence-corrected chi connectivity index (χ2v) is 11.1. The van der Waals surface area contributed by atoms with E-state index in [-0.39, 0.29) is 23.5 Å². The predicted molar refractivity (Wildman–Crippen MR) is 126 cm³/mol. The molecule has 0 atom stereocenters. The molecule has 2 aliphatic rings. The number of hydrogen-bond acceptors (Lipinski definition) is 7. The summed E-state index contributed by atoms with van der Waals surface area (Å²) in [5.74, 6) is -0.929. The monoisotopic (exact) mass is 492 g/mol. The van der Waals surface area contributed by atoms with Crippen LogP contribution in [0, 0.1) is 0 Å². The van der Waals surface area contributed by atoms with Gasteiger partial charge >= 0.3 is 5.97 Å². The summed E-state index contributed by atoms with van der Waals surface area (Å²) in [5.41, 5.74) is 2.24. The number of thiophene rings is 1. The number of aryl methyl sites for hydroxylation is 2. The van der Waals surface area contributed by atoms with Crippen LogP contribution in [0.25, 0.3) is 0 Å². The van der Waals surface area contributed by atoms with E-state index in [1.807, 2.05) is 6.92 Å². The minimum Gasteiger partial charge on any atom is -0.465 e. The van der Waals surface area contributed by atoms with E-state index in [2.05, 4.69) is 5.32 Å². The smallest absolute Gasteiger partial charge is 0.341 e. The number of rotatable bonds is 6. The maximum Gasteiger partial charge on any atom is 0.341 e. The fourth-order valence-corrected chi connectivity index (χ4v) is 7.30. The highest BCUT2D eigenvalue weighted by Crippen LogP contribution is 2.39. The summed E-state index contributed by atoms with van der Waals surface area (Å²) < 4.78 is 38.2. The molecule has 33 heavy (non-hydrogen) atoms. The number of sulfonamides is 1. The van der Waals surface area contributed by atoms with Crippen LogP contribution in [-0.4, -0.2) is 58.0 Å². The highest BCUT2D eigenvalue weighted by molar-refractivity contribution is 7.89. The number of nitrogens with one attached hydrogen (secondary N) is 1. The number of carbonyl (C=O) groups is 2. The summed E-state index contributed by atoms with van der Waals surface area (Å²) in [6.45, 7) is 3.14. The Labute approximate surface area is 197 Å². The zero-order valence-electron chi connectivity index (χ0n) is 18.8. The van der Waals surface area contributed by atoms with Gasteiger partial charge in [0.1, 0.15) is 5.00 Å². The second kappa shape index (κ2) is 9.92. The van der Waals surface area contributed by atoms with Gasteiger partial charge in [-0.15, -0.1) is 11.3 Å². The summed E-state index contributed by atoms with van der Waals surface area (Å²) in [6.07, 6.45) is 4.20. The third kappa shape index (κ3) is 4.70. The van der Waals surface area contributed by atoms with Crippen molar-refractivity contribution in [3.05, 3.63) is 45.3 Å². The molecule has 4 rings (SSSR count). The molecule has 1 fully saturated rings. The second-order valence-electron chi connectivity index (χ2n) is 8.05. The van der Waals surface area contributed by atoms with Gasteiger partial charge in [0.15, 0.2) is 0 Å². The van der Waals surface area contributed by atoms with Crippen LogP contribution in [0.5, 0.6) is 0 Å². The molecule has 1 aliphatic heterocycles. The van der Waals surface area contributed by atoms with Crippen molar-refractivity contribution in [2.24, 2.45) is 0 Å². The fourth-order valence-electron chi connectivity index (χ4n) is 4.30. The van der Waals surface area contributed by atoms with Crippen LogP contribution in [0.1, 0.15) is 56.5 Å². The van der Waals surface area contributed by atoms with Gasteiger partial charge in [-0.1, -0.05) is 13.0 Å². The molecule has 1 amide bonds. The summed E-state index contributed by atoms with van der Waals surface area (Å²) in [4.78, 5) is 26.9. The molecule has 8 nitrogen and oxygen atoms in total. The Hall–Kier alpha value is -2.27. The number of benzene rings is 1. The number of nitrogens with zero attached hydrogens (tertiary/aromatic N) is 1. The molecular weight excluding hydrogens is 464 g/mol. The number of amides is 1. The summed E-state index contributed by atoms with van der Waals surface area (Å²) in [6, 6.07) is 4.74. The highest BCUT2D eigenvalue weighted by atomic mass is 32.2. The molecule has 178 valence electrons. The lowest BCUT2D eigenvalue weighted by atomic mass is 9.95. The van der Waals surface area contributed by atoms with Crippen molar-refractivity contribution in [2.45, 2.75) is 43.9 Å². The first-order valence-corrected chi connectivity index (χ1v) is 13.4. The molecule has 1 aromatic carbocycles. The molecule has 10 heteroatoms. The molecule has 1 aromatic heterocycles. The van der Waals surface area contributed by atoms with E-state index >= 15 is 0 Å². The van der Waals surface area contributed by atoms with Gasteiger partial charge < -0.3 is 14.8 Å². The summed E-state index contributed by atoms with van der Waals surface area (Å²) in [5, 5.41) is 3.30. The highest BCUT2D eigenvalue weighted by Gasteiger charge is 2.30. The standard InChI is InChI=1S/C23H28N2O6S2/c1-3-15-8-9-16(14-19(15)33(28,29)25-10-12-31-13-11-25)21(26)24-22-20(23(27)30-2)17-6-4-5-7-18(17)32-22/h8-9,14H,3-7,10-13H2,1-2H3,(H,24,26). The first-order chi connectivity index (χ1) is 15.9. The maximum atomic E-state index is 13.3. The molecule has 0 bridgehead atoms. The van der Waals surface area contributed by atoms with Crippen LogP contribution in [0.15, 0.2) is 23.1 Å². The van der Waals surface area contributed by atoms with Crippen molar-refractivity contribution >= 4 is 38.2 Å². The minimum atomic E-state index is -3.76. The lowest BCUT2D eigenvalue weighted by molar-refractivity contribution is 0.0601. The third-order valence-corrected chi connectivity index (χ3v) is 9.27. The predicted octanol–water partition coefficient (Wildman–Crippen LogP) is 3.25. The molecule has 2 heterocycles. The van der Waals surface area contributed by atoms with Crippen LogP contribution in [0.4, 0.5) is 5.00 Å². The van der Waals surface area contributed by atoms with Gasteiger partial charge in [-0.25, -0.2) is 13.2 Å².